The normalized spacial score (nSPS) is 18.8. The van der Waals surface area contributed by atoms with Gasteiger partial charge in [-0.2, -0.15) is 28.5 Å². The third-order valence-electron chi connectivity index (χ3n) is 8.75. The number of aromatic nitrogens is 5. The highest BCUT2D eigenvalue weighted by atomic mass is 19.4. The highest BCUT2D eigenvalue weighted by Crippen LogP contribution is 2.31. The van der Waals surface area contributed by atoms with Crippen molar-refractivity contribution in [3.05, 3.63) is 78.4 Å². The Hall–Kier alpha value is -5.76. The fourth-order valence-corrected chi connectivity index (χ4v) is 6.15. The fourth-order valence-electron chi connectivity index (χ4n) is 6.15. The Morgan fingerprint density at radius 3 is 2.41 bits per heavy atom. The first-order valence-corrected chi connectivity index (χ1v) is 16.5. The third kappa shape index (κ3) is 8.70. The predicted molar refractivity (Wildman–Crippen MR) is 180 cm³/mol. The number of anilines is 3. The van der Waals surface area contributed by atoms with Crippen LogP contribution in [0.15, 0.2) is 67.3 Å². The number of pyridine rings is 1. The summed E-state index contributed by atoms with van der Waals surface area (Å²) in [7, 11) is 1.78. The zero-order valence-electron chi connectivity index (χ0n) is 27.7. The number of nitriles is 1. The molecule has 3 aromatic heterocycles. The van der Waals surface area contributed by atoms with Crippen LogP contribution in [0.5, 0.6) is 0 Å². The molecule has 4 heterocycles. The largest absolute Gasteiger partial charge is 0.493 e. The summed E-state index contributed by atoms with van der Waals surface area (Å²) in [6, 6.07) is 12.3. The Morgan fingerprint density at radius 2 is 1.78 bits per heavy atom. The van der Waals surface area contributed by atoms with E-state index in [4.69, 9.17) is 4.84 Å². The monoisotopic (exact) mass is 703 g/mol. The number of nitrogens with one attached hydrogen (secondary N) is 3. The number of carbonyl (C=O) groups is 2. The lowest BCUT2D eigenvalue weighted by molar-refractivity contribution is -0.229. The van der Waals surface area contributed by atoms with Crippen LogP contribution in [0.1, 0.15) is 43.2 Å². The molecule has 6 rings (SSSR count). The van der Waals surface area contributed by atoms with Gasteiger partial charge in [-0.15, -0.1) is 5.06 Å². The van der Waals surface area contributed by atoms with Gasteiger partial charge in [0.25, 0.3) is 0 Å². The summed E-state index contributed by atoms with van der Waals surface area (Å²) in [4.78, 5) is 45.8. The van der Waals surface area contributed by atoms with Gasteiger partial charge in [0.05, 0.1) is 18.9 Å². The molecular formula is C34H36F3N11O3. The second kappa shape index (κ2) is 15.4. The van der Waals surface area contributed by atoms with Gasteiger partial charge < -0.3 is 20.8 Å². The lowest BCUT2D eigenvalue weighted by atomic mass is 9.90. The van der Waals surface area contributed by atoms with E-state index in [0.717, 1.165) is 30.6 Å². The molecule has 2 aliphatic rings. The lowest BCUT2D eigenvalue weighted by Crippen LogP contribution is -2.51. The molecule has 1 aliphatic carbocycles. The molecule has 17 heteroatoms. The minimum atomic E-state index is -5.33. The highest BCUT2D eigenvalue weighted by Gasteiger charge is 2.45. The second-order valence-corrected chi connectivity index (χ2v) is 12.4. The van der Waals surface area contributed by atoms with Gasteiger partial charge in [0, 0.05) is 55.2 Å². The van der Waals surface area contributed by atoms with Crippen LogP contribution in [-0.2, 0) is 23.2 Å². The van der Waals surface area contributed by atoms with Crippen molar-refractivity contribution in [2.75, 3.05) is 28.6 Å². The molecule has 0 spiro atoms. The van der Waals surface area contributed by atoms with Crippen LogP contribution < -0.4 is 20.9 Å². The summed E-state index contributed by atoms with van der Waals surface area (Å²) in [6.07, 6.45) is 4.00. The van der Waals surface area contributed by atoms with Gasteiger partial charge in [0.1, 0.15) is 23.3 Å². The number of rotatable bonds is 9. The number of amides is 2. The van der Waals surface area contributed by atoms with E-state index in [9.17, 15) is 28.0 Å². The quantitative estimate of drug-likeness (QED) is 0.205. The summed E-state index contributed by atoms with van der Waals surface area (Å²) in [6.45, 7) is 1.21. The van der Waals surface area contributed by atoms with Gasteiger partial charge in [-0.1, -0.05) is 30.3 Å². The van der Waals surface area contributed by atoms with Gasteiger partial charge in [-0.05, 0) is 56.3 Å². The van der Waals surface area contributed by atoms with E-state index in [1.807, 2.05) is 0 Å². The van der Waals surface area contributed by atoms with Crippen LogP contribution >= 0.6 is 0 Å². The molecule has 1 saturated carbocycles. The maximum Gasteiger partial charge on any atom is 0.493 e. The Balaban J connectivity index is 1.23. The fraction of sp³-hybridized carbons (Fsp3) is 0.382. The Morgan fingerprint density at radius 1 is 1.00 bits per heavy atom. The van der Waals surface area contributed by atoms with Crippen molar-refractivity contribution < 1.29 is 27.6 Å². The summed E-state index contributed by atoms with van der Waals surface area (Å²) in [5.74, 6) is -1.54. The molecule has 1 saturated heterocycles. The van der Waals surface area contributed by atoms with E-state index < -0.39 is 30.8 Å². The van der Waals surface area contributed by atoms with Crippen LogP contribution in [0, 0.1) is 11.3 Å². The smallest absolute Gasteiger partial charge is 0.365 e. The van der Waals surface area contributed by atoms with Crippen LogP contribution in [0.2, 0.25) is 0 Å². The summed E-state index contributed by atoms with van der Waals surface area (Å²) >= 11 is 0. The number of halogens is 3. The molecule has 1 aliphatic heterocycles. The predicted octanol–water partition coefficient (Wildman–Crippen LogP) is 4.79. The highest BCUT2D eigenvalue weighted by molar-refractivity contribution is 5.92. The SMILES string of the molecule is Cn1cc(-c2ccc(N(C(=O)N(Cc3ccccc3)OC(=O)C(F)(F)F)C3CCC(Nc4ncc(C#N)c(NC5CCNC5)n4)CC3)nc2)cn1. The van der Waals surface area contributed by atoms with Crippen LogP contribution in [0.4, 0.5) is 35.5 Å². The van der Waals surface area contributed by atoms with E-state index in [1.54, 1.807) is 72.8 Å². The van der Waals surface area contributed by atoms with Crippen molar-refractivity contribution in [3.63, 3.8) is 0 Å². The van der Waals surface area contributed by atoms with Crippen LogP contribution in [0.3, 0.4) is 0 Å². The Labute approximate surface area is 291 Å². The number of hydrogen-bond acceptors (Lipinski definition) is 11. The number of urea groups is 1. The third-order valence-corrected chi connectivity index (χ3v) is 8.75. The zero-order chi connectivity index (χ0) is 36.0. The van der Waals surface area contributed by atoms with E-state index in [2.05, 4.69) is 42.1 Å². The maximum atomic E-state index is 14.3. The van der Waals surface area contributed by atoms with Gasteiger partial charge in [-0.25, -0.2) is 19.6 Å². The van der Waals surface area contributed by atoms with Gasteiger partial charge >= 0.3 is 18.2 Å². The summed E-state index contributed by atoms with van der Waals surface area (Å²) in [5.41, 5.74) is 2.29. The van der Waals surface area contributed by atoms with E-state index in [-0.39, 0.29) is 17.9 Å². The van der Waals surface area contributed by atoms with Crippen molar-refractivity contribution in [2.45, 2.75) is 63.0 Å². The average Bonchev–Trinajstić information content (AvgIpc) is 3.81. The molecule has 4 aromatic rings. The Bertz CT molecular complexity index is 1850. The number of carbonyl (C=O) groups excluding carboxylic acids is 2. The summed E-state index contributed by atoms with van der Waals surface area (Å²) in [5, 5.41) is 24.1. The van der Waals surface area contributed by atoms with Gasteiger partial charge in [-0.3, -0.25) is 9.58 Å². The molecule has 3 N–H and O–H groups in total. The average molecular weight is 704 g/mol. The van der Waals surface area contributed by atoms with Crippen molar-refractivity contribution >= 4 is 29.6 Å². The van der Waals surface area contributed by atoms with E-state index in [0.29, 0.717) is 53.6 Å². The van der Waals surface area contributed by atoms with Crippen molar-refractivity contribution in [1.29, 1.82) is 5.26 Å². The molecule has 51 heavy (non-hydrogen) atoms. The van der Waals surface area contributed by atoms with E-state index >= 15 is 0 Å². The molecule has 2 amide bonds. The number of hydrogen-bond donors (Lipinski definition) is 3. The van der Waals surface area contributed by atoms with E-state index in [1.165, 1.54) is 11.1 Å². The molecule has 0 bridgehead atoms. The lowest BCUT2D eigenvalue weighted by Gasteiger charge is -2.38. The molecular weight excluding hydrogens is 667 g/mol. The molecule has 1 unspecified atom stereocenters. The molecule has 266 valence electrons. The molecule has 0 radical (unpaired) electrons. The first kappa shape index (κ1) is 35.1. The minimum absolute atomic E-state index is 0.100. The summed E-state index contributed by atoms with van der Waals surface area (Å²) < 4.78 is 41.8. The van der Waals surface area contributed by atoms with Gasteiger partial charge in [0.15, 0.2) is 0 Å². The Kier molecular flexibility index (Phi) is 10.6. The number of aryl methyl sites for hydroxylation is 1. The standard InChI is InChI=1S/C34H36F3N11O3/c1-46-21-25(18-42-46)23-7-12-29(40-16-23)48(33(50)47(51-31(49)34(35,36)37)20-22-5-3-2-4-6-22)28-10-8-26(9-11-28)44-32-41-17-24(15-38)30(45-32)43-27-13-14-39-19-27/h2-7,12,16-18,21,26-28,39H,8-11,13-14,19-20H2,1H3,(H2,41,43,44,45). The molecule has 1 aromatic carbocycles. The number of nitrogens with zero attached hydrogens (tertiary/aromatic N) is 8. The number of hydroxylamine groups is 2. The molecule has 1 atom stereocenters. The van der Waals surface area contributed by atoms with Crippen LogP contribution in [-0.4, -0.2) is 79.2 Å². The number of alkyl halides is 3. The van der Waals surface area contributed by atoms with Crippen molar-refractivity contribution in [1.82, 2.24) is 35.1 Å². The molecule has 2 fully saturated rings. The first-order chi connectivity index (χ1) is 24.6. The van der Waals surface area contributed by atoms with Crippen molar-refractivity contribution in [3.8, 4) is 17.2 Å². The second-order valence-electron chi connectivity index (χ2n) is 12.4. The topological polar surface area (TPSA) is 166 Å². The van der Waals surface area contributed by atoms with Crippen molar-refractivity contribution in [2.24, 2.45) is 7.05 Å². The van der Waals surface area contributed by atoms with Gasteiger partial charge in [0.2, 0.25) is 5.95 Å². The molecule has 14 nitrogen and oxygen atoms in total. The number of benzene rings is 1. The first-order valence-electron chi connectivity index (χ1n) is 16.5. The minimum Gasteiger partial charge on any atom is -0.365 e. The maximum absolute atomic E-state index is 14.3. The zero-order valence-corrected chi connectivity index (χ0v) is 27.7. The van der Waals surface area contributed by atoms with Crippen LogP contribution in [0.25, 0.3) is 11.1 Å².